The lowest BCUT2D eigenvalue weighted by molar-refractivity contribution is 0.174. The van der Waals surface area contributed by atoms with E-state index in [1.807, 2.05) is 6.07 Å². The highest BCUT2D eigenvalue weighted by molar-refractivity contribution is 6.33. The Kier molecular flexibility index (Phi) is 3.45. The Morgan fingerprint density at radius 2 is 1.85 bits per heavy atom. The van der Waals surface area contributed by atoms with Gasteiger partial charge in [-0.05, 0) is 25.0 Å². The van der Waals surface area contributed by atoms with Crippen LogP contribution in [0.2, 0.25) is 5.02 Å². The number of hydrogen-bond donors (Lipinski definition) is 1. The molecule has 0 aromatic heterocycles. The average Bonchev–Trinajstić information content (AvgIpc) is 2.84. The highest BCUT2D eigenvalue weighted by Gasteiger charge is 2.16. The van der Waals surface area contributed by atoms with Gasteiger partial charge < -0.3 is 14.8 Å². The van der Waals surface area contributed by atoms with Crippen LogP contribution in [0.3, 0.4) is 0 Å². The predicted molar refractivity (Wildman–Crippen MR) is 80.8 cm³/mol. The van der Waals surface area contributed by atoms with Crippen molar-refractivity contribution in [1.29, 1.82) is 0 Å². The molecule has 0 unspecified atom stereocenters. The van der Waals surface area contributed by atoms with Crippen molar-refractivity contribution in [3.8, 4) is 11.5 Å². The third kappa shape index (κ3) is 2.54. The summed E-state index contributed by atoms with van der Waals surface area (Å²) >= 11 is 6.24. The Morgan fingerprint density at radius 1 is 1.10 bits per heavy atom. The van der Waals surface area contributed by atoms with E-state index in [0.717, 1.165) is 18.0 Å². The lowest BCUT2D eigenvalue weighted by Gasteiger charge is -2.12. The first-order chi connectivity index (χ1) is 9.63. The summed E-state index contributed by atoms with van der Waals surface area (Å²) in [7, 11) is 0. The summed E-state index contributed by atoms with van der Waals surface area (Å²) in [5.74, 6) is 1.43. The lowest BCUT2D eigenvalue weighted by atomic mass is 10.1. The first-order valence-electron chi connectivity index (χ1n) is 6.52. The molecular weight excluding hydrogens is 274 g/mol. The summed E-state index contributed by atoms with van der Waals surface area (Å²) in [6, 6.07) is 10.1. The number of fused-ring (bicyclic) bond motifs is 1. The predicted octanol–water partition coefficient (Wildman–Crippen LogP) is 4.30. The van der Waals surface area contributed by atoms with Crippen molar-refractivity contribution >= 4 is 17.3 Å². The number of rotatable bonds is 3. The van der Waals surface area contributed by atoms with Crippen LogP contribution in [0.5, 0.6) is 11.5 Å². The molecule has 2 aromatic carbocycles. The normalized spacial score (nSPS) is 12.6. The Morgan fingerprint density at radius 3 is 2.60 bits per heavy atom. The number of halogens is 1. The molecule has 4 heteroatoms. The summed E-state index contributed by atoms with van der Waals surface area (Å²) in [5, 5.41) is 3.99. The Balaban J connectivity index is 1.78. The Bertz CT molecular complexity index is 655. The fourth-order valence-corrected chi connectivity index (χ4v) is 2.51. The van der Waals surface area contributed by atoms with Gasteiger partial charge in [0.2, 0.25) is 6.79 Å². The first kappa shape index (κ1) is 13.1. The second-order valence-electron chi connectivity index (χ2n) is 4.97. The van der Waals surface area contributed by atoms with Crippen molar-refractivity contribution in [1.82, 2.24) is 0 Å². The second kappa shape index (κ2) is 5.25. The molecule has 1 aliphatic rings. The van der Waals surface area contributed by atoms with Gasteiger partial charge in [0.1, 0.15) is 0 Å². The monoisotopic (exact) mass is 289 g/mol. The van der Waals surface area contributed by atoms with Crippen molar-refractivity contribution in [2.75, 3.05) is 12.1 Å². The van der Waals surface area contributed by atoms with E-state index in [0.29, 0.717) is 10.8 Å². The van der Waals surface area contributed by atoms with Crippen molar-refractivity contribution in [2.45, 2.75) is 20.4 Å². The highest BCUT2D eigenvalue weighted by Crippen LogP contribution is 2.39. The zero-order valence-electron chi connectivity index (χ0n) is 11.5. The van der Waals surface area contributed by atoms with E-state index in [-0.39, 0.29) is 6.79 Å². The number of anilines is 1. The largest absolute Gasteiger partial charge is 0.454 e. The van der Waals surface area contributed by atoms with Gasteiger partial charge in [0.05, 0.1) is 10.7 Å². The molecule has 0 atom stereocenters. The summed E-state index contributed by atoms with van der Waals surface area (Å²) in [4.78, 5) is 0. The van der Waals surface area contributed by atoms with Crippen LogP contribution < -0.4 is 14.8 Å². The van der Waals surface area contributed by atoms with E-state index in [9.17, 15) is 0 Å². The standard InChI is InChI=1S/C16H16ClNO2/c1-10-3-4-12(11(2)5-10)8-18-14-7-16-15(6-13(14)17)19-9-20-16/h3-7,18H,8-9H2,1-2H3. The van der Waals surface area contributed by atoms with Crippen LogP contribution in [0.4, 0.5) is 5.69 Å². The van der Waals surface area contributed by atoms with E-state index in [1.54, 1.807) is 6.07 Å². The molecule has 3 nitrogen and oxygen atoms in total. The third-order valence-corrected chi connectivity index (χ3v) is 3.74. The topological polar surface area (TPSA) is 30.5 Å². The quantitative estimate of drug-likeness (QED) is 0.914. The fourth-order valence-electron chi connectivity index (χ4n) is 2.29. The molecule has 0 bridgehead atoms. The van der Waals surface area contributed by atoms with Crippen molar-refractivity contribution in [3.63, 3.8) is 0 Å². The first-order valence-corrected chi connectivity index (χ1v) is 6.90. The van der Waals surface area contributed by atoms with Gasteiger partial charge >= 0.3 is 0 Å². The van der Waals surface area contributed by atoms with Crippen molar-refractivity contribution in [2.24, 2.45) is 0 Å². The average molecular weight is 290 g/mol. The van der Waals surface area contributed by atoms with Gasteiger partial charge in [-0.25, -0.2) is 0 Å². The fraction of sp³-hybridized carbons (Fsp3) is 0.250. The summed E-state index contributed by atoms with van der Waals surface area (Å²) < 4.78 is 10.7. The summed E-state index contributed by atoms with van der Waals surface area (Å²) in [6.07, 6.45) is 0. The molecule has 0 saturated heterocycles. The van der Waals surface area contributed by atoms with E-state index in [4.69, 9.17) is 21.1 Å². The SMILES string of the molecule is Cc1ccc(CNc2cc3c(cc2Cl)OCO3)c(C)c1. The van der Waals surface area contributed by atoms with Crippen LogP contribution in [0.1, 0.15) is 16.7 Å². The summed E-state index contributed by atoms with van der Waals surface area (Å²) in [5.41, 5.74) is 4.65. The molecule has 20 heavy (non-hydrogen) atoms. The van der Waals surface area contributed by atoms with Crippen LogP contribution in [0.25, 0.3) is 0 Å². The molecular formula is C16H16ClNO2. The molecule has 1 N–H and O–H groups in total. The van der Waals surface area contributed by atoms with Crippen LogP contribution in [-0.2, 0) is 6.54 Å². The van der Waals surface area contributed by atoms with Gasteiger partial charge in [-0.15, -0.1) is 0 Å². The molecule has 2 aromatic rings. The van der Waals surface area contributed by atoms with E-state index in [2.05, 4.69) is 37.4 Å². The zero-order chi connectivity index (χ0) is 14.1. The maximum atomic E-state index is 6.24. The van der Waals surface area contributed by atoms with E-state index < -0.39 is 0 Å². The smallest absolute Gasteiger partial charge is 0.231 e. The zero-order valence-corrected chi connectivity index (χ0v) is 12.3. The van der Waals surface area contributed by atoms with Gasteiger partial charge in [0, 0.05) is 18.7 Å². The van der Waals surface area contributed by atoms with Crippen LogP contribution in [-0.4, -0.2) is 6.79 Å². The minimum atomic E-state index is 0.256. The number of aryl methyl sites for hydroxylation is 2. The third-order valence-electron chi connectivity index (χ3n) is 3.43. The van der Waals surface area contributed by atoms with Gasteiger partial charge in [-0.3, -0.25) is 0 Å². The van der Waals surface area contributed by atoms with Crippen LogP contribution in [0, 0.1) is 13.8 Å². The van der Waals surface area contributed by atoms with E-state index >= 15 is 0 Å². The Labute approximate surface area is 123 Å². The maximum Gasteiger partial charge on any atom is 0.231 e. The van der Waals surface area contributed by atoms with Gasteiger partial charge in [-0.1, -0.05) is 35.4 Å². The minimum Gasteiger partial charge on any atom is -0.454 e. The van der Waals surface area contributed by atoms with E-state index in [1.165, 1.54) is 16.7 Å². The highest BCUT2D eigenvalue weighted by atomic mass is 35.5. The van der Waals surface area contributed by atoms with Crippen molar-refractivity contribution < 1.29 is 9.47 Å². The van der Waals surface area contributed by atoms with Gasteiger partial charge in [0.25, 0.3) is 0 Å². The van der Waals surface area contributed by atoms with Crippen LogP contribution >= 0.6 is 11.6 Å². The molecule has 0 saturated carbocycles. The molecule has 3 rings (SSSR count). The molecule has 1 aliphatic heterocycles. The van der Waals surface area contributed by atoms with Gasteiger partial charge in [-0.2, -0.15) is 0 Å². The number of hydrogen-bond acceptors (Lipinski definition) is 3. The van der Waals surface area contributed by atoms with Crippen LogP contribution in [0.15, 0.2) is 30.3 Å². The molecule has 0 aliphatic carbocycles. The molecule has 104 valence electrons. The lowest BCUT2D eigenvalue weighted by Crippen LogP contribution is -2.02. The molecule has 1 heterocycles. The molecule has 0 amide bonds. The molecule has 0 fully saturated rings. The molecule has 0 spiro atoms. The van der Waals surface area contributed by atoms with Gasteiger partial charge in [0.15, 0.2) is 11.5 Å². The van der Waals surface area contributed by atoms with Crippen molar-refractivity contribution in [3.05, 3.63) is 52.0 Å². The minimum absolute atomic E-state index is 0.256. The number of nitrogens with one attached hydrogen (secondary N) is 1. The number of benzene rings is 2. The number of ether oxygens (including phenoxy) is 2. The Hall–Kier alpha value is -1.87. The second-order valence-corrected chi connectivity index (χ2v) is 5.38. The maximum absolute atomic E-state index is 6.24. The summed E-state index contributed by atoms with van der Waals surface area (Å²) in [6.45, 7) is 5.20. The molecule has 0 radical (unpaired) electrons.